The van der Waals surface area contributed by atoms with Crippen LogP contribution in [0, 0.1) is 0 Å². The van der Waals surface area contributed by atoms with Crippen LogP contribution in [-0.4, -0.2) is 24.4 Å². The van der Waals surface area contributed by atoms with Crippen molar-refractivity contribution >= 4 is 40.7 Å². The van der Waals surface area contributed by atoms with Gasteiger partial charge in [0.15, 0.2) is 0 Å². The zero-order chi connectivity index (χ0) is 16.8. The van der Waals surface area contributed by atoms with Crippen LogP contribution in [0.25, 0.3) is 0 Å². The Morgan fingerprint density at radius 2 is 1.83 bits per heavy atom. The highest BCUT2D eigenvalue weighted by Gasteiger charge is 2.21. The highest BCUT2D eigenvalue weighted by molar-refractivity contribution is 6.35. The van der Waals surface area contributed by atoms with E-state index in [9.17, 15) is 9.59 Å². The molecule has 0 bridgehead atoms. The summed E-state index contributed by atoms with van der Waals surface area (Å²) in [6.45, 7) is 1.36. The summed E-state index contributed by atoms with van der Waals surface area (Å²) in [6, 6.07) is 5.08. The molecule has 4 nitrogen and oxygen atoms in total. The van der Waals surface area contributed by atoms with Crippen molar-refractivity contribution in [3.63, 3.8) is 0 Å². The minimum atomic E-state index is -0.245. The zero-order valence-corrected chi connectivity index (χ0v) is 14.8. The summed E-state index contributed by atoms with van der Waals surface area (Å²) in [5, 5.41) is 3.91. The summed E-state index contributed by atoms with van der Waals surface area (Å²) in [7, 11) is 0. The number of hydrogen-bond acceptors (Lipinski definition) is 2. The number of nitrogens with zero attached hydrogens (tertiary/aromatic N) is 1. The summed E-state index contributed by atoms with van der Waals surface area (Å²) in [5.41, 5.74) is 0.461. The van der Waals surface area contributed by atoms with Crippen molar-refractivity contribution in [2.24, 2.45) is 0 Å². The van der Waals surface area contributed by atoms with Crippen LogP contribution in [-0.2, 0) is 9.59 Å². The smallest absolute Gasteiger partial charge is 0.240 e. The second kappa shape index (κ2) is 8.55. The lowest BCUT2D eigenvalue weighted by Gasteiger charge is -2.24. The van der Waals surface area contributed by atoms with Crippen LogP contribution >= 0.6 is 23.2 Å². The molecule has 2 amide bonds. The molecule has 1 aromatic carbocycles. The maximum Gasteiger partial charge on any atom is 0.240 e. The molecule has 1 saturated carbocycles. The molecule has 6 heteroatoms. The number of halogens is 2. The molecule has 0 aromatic heterocycles. The van der Waals surface area contributed by atoms with E-state index in [1.807, 2.05) is 0 Å². The van der Waals surface area contributed by atoms with Gasteiger partial charge in [0.1, 0.15) is 6.54 Å². The van der Waals surface area contributed by atoms with Crippen molar-refractivity contribution in [1.82, 2.24) is 5.32 Å². The van der Waals surface area contributed by atoms with E-state index >= 15 is 0 Å². The third-order valence-electron chi connectivity index (χ3n) is 4.10. The maximum absolute atomic E-state index is 12.3. The van der Waals surface area contributed by atoms with Crippen molar-refractivity contribution in [3.05, 3.63) is 28.2 Å². The molecular formula is C17H22Cl2N2O2. The fourth-order valence-corrected chi connectivity index (χ4v) is 3.29. The van der Waals surface area contributed by atoms with Gasteiger partial charge in [-0.05, 0) is 31.0 Å². The Hall–Kier alpha value is -1.26. The molecule has 0 atom stereocenters. The largest absolute Gasteiger partial charge is 0.352 e. The summed E-state index contributed by atoms with van der Waals surface area (Å²) in [4.78, 5) is 25.6. The van der Waals surface area contributed by atoms with Gasteiger partial charge in [0.25, 0.3) is 0 Å². The van der Waals surface area contributed by atoms with Crippen LogP contribution < -0.4 is 10.2 Å². The quantitative estimate of drug-likeness (QED) is 0.822. The Balaban J connectivity index is 2.05. The molecule has 126 valence electrons. The Kier molecular flexibility index (Phi) is 6.72. The monoisotopic (exact) mass is 356 g/mol. The molecule has 1 aliphatic rings. The van der Waals surface area contributed by atoms with Gasteiger partial charge in [0.05, 0.1) is 10.7 Å². The molecule has 0 saturated heterocycles. The number of carbonyl (C=O) groups excluding carboxylic acids is 2. The molecule has 1 aliphatic carbocycles. The summed E-state index contributed by atoms with van der Waals surface area (Å²) in [5.74, 6) is -0.409. The van der Waals surface area contributed by atoms with E-state index in [4.69, 9.17) is 23.2 Å². The minimum Gasteiger partial charge on any atom is -0.352 e. The van der Waals surface area contributed by atoms with E-state index in [0.29, 0.717) is 15.7 Å². The first-order valence-corrected chi connectivity index (χ1v) is 8.75. The van der Waals surface area contributed by atoms with E-state index in [2.05, 4.69) is 5.32 Å². The molecule has 0 radical (unpaired) electrons. The van der Waals surface area contributed by atoms with Crippen LogP contribution in [0.3, 0.4) is 0 Å². The standard InChI is InChI=1S/C17H22Cl2N2O2/c1-12(22)21(16-10-13(18)8-9-15(16)19)11-17(23)20-14-6-4-2-3-5-7-14/h8-10,14H,2-7,11H2,1H3,(H,20,23). The summed E-state index contributed by atoms with van der Waals surface area (Å²) in [6.07, 6.45) is 6.74. The second-order valence-corrected chi connectivity index (χ2v) is 6.80. The van der Waals surface area contributed by atoms with Crippen molar-refractivity contribution in [2.75, 3.05) is 11.4 Å². The lowest BCUT2D eigenvalue weighted by atomic mass is 10.1. The van der Waals surface area contributed by atoms with Crippen LogP contribution in [0.4, 0.5) is 5.69 Å². The second-order valence-electron chi connectivity index (χ2n) is 5.96. The van der Waals surface area contributed by atoms with Crippen molar-refractivity contribution in [1.29, 1.82) is 0 Å². The lowest BCUT2D eigenvalue weighted by Crippen LogP contribution is -2.43. The zero-order valence-electron chi connectivity index (χ0n) is 13.3. The molecule has 2 rings (SSSR count). The third kappa shape index (κ3) is 5.40. The van der Waals surface area contributed by atoms with E-state index in [-0.39, 0.29) is 24.4 Å². The van der Waals surface area contributed by atoms with E-state index in [1.165, 1.54) is 24.7 Å². The normalized spacial score (nSPS) is 15.8. The van der Waals surface area contributed by atoms with Gasteiger partial charge in [0, 0.05) is 18.0 Å². The average Bonchev–Trinajstić information content (AvgIpc) is 2.76. The first-order chi connectivity index (χ1) is 11.0. The van der Waals surface area contributed by atoms with Crippen LogP contribution in [0.2, 0.25) is 10.0 Å². The van der Waals surface area contributed by atoms with Gasteiger partial charge in [-0.3, -0.25) is 9.59 Å². The lowest BCUT2D eigenvalue weighted by molar-refractivity contribution is -0.123. The number of nitrogens with one attached hydrogen (secondary N) is 1. The fourth-order valence-electron chi connectivity index (χ4n) is 2.90. The first kappa shape index (κ1) is 18.1. The first-order valence-electron chi connectivity index (χ1n) is 8.00. The van der Waals surface area contributed by atoms with Gasteiger partial charge in [-0.1, -0.05) is 48.9 Å². The highest BCUT2D eigenvalue weighted by Crippen LogP contribution is 2.29. The molecule has 0 unspecified atom stereocenters. The predicted octanol–water partition coefficient (Wildman–Crippen LogP) is 4.19. The van der Waals surface area contributed by atoms with E-state index < -0.39 is 0 Å². The van der Waals surface area contributed by atoms with Gasteiger partial charge in [-0.15, -0.1) is 0 Å². The Morgan fingerprint density at radius 3 is 2.43 bits per heavy atom. The number of hydrogen-bond donors (Lipinski definition) is 1. The number of anilines is 1. The van der Waals surface area contributed by atoms with E-state index in [0.717, 1.165) is 25.7 Å². The van der Waals surface area contributed by atoms with Gasteiger partial charge >= 0.3 is 0 Å². The maximum atomic E-state index is 12.3. The van der Waals surface area contributed by atoms with Crippen molar-refractivity contribution in [3.8, 4) is 0 Å². The topological polar surface area (TPSA) is 49.4 Å². The highest BCUT2D eigenvalue weighted by atomic mass is 35.5. The number of carbonyl (C=O) groups is 2. The molecule has 1 aromatic rings. The van der Waals surface area contributed by atoms with Gasteiger partial charge in [0.2, 0.25) is 11.8 Å². The molecule has 1 fully saturated rings. The van der Waals surface area contributed by atoms with Crippen molar-refractivity contribution in [2.45, 2.75) is 51.5 Å². The van der Waals surface area contributed by atoms with Crippen molar-refractivity contribution < 1.29 is 9.59 Å². The Bertz CT molecular complexity index is 570. The van der Waals surface area contributed by atoms with Crippen LogP contribution in [0.1, 0.15) is 45.4 Å². The Labute approximate surface area is 147 Å². The van der Waals surface area contributed by atoms with E-state index in [1.54, 1.807) is 18.2 Å². The van der Waals surface area contributed by atoms with Gasteiger partial charge in [-0.25, -0.2) is 0 Å². The minimum absolute atomic E-state index is 0.0497. The van der Waals surface area contributed by atoms with Gasteiger partial charge < -0.3 is 10.2 Å². The third-order valence-corrected chi connectivity index (χ3v) is 4.66. The van der Waals surface area contributed by atoms with Gasteiger partial charge in [-0.2, -0.15) is 0 Å². The summed E-state index contributed by atoms with van der Waals surface area (Å²) < 4.78 is 0. The average molecular weight is 357 g/mol. The number of amides is 2. The fraction of sp³-hybridized carbons (Fsp3) is 0.529. The molecular weight excluding hydrogens is 335 g/mol. The molecule has 23 heavy (non-hydrogen) atoms. The van der Waals surface area contributed by atoms with Crippen LogP contribution in [0.5, 0.6) is 0 Å². The molecule has 0 aliphatic heterocycles. The molecule has 1 N–H and O–H groups in total. The number of benzene rings is 1. The number of rotatable bonds is 4. The SMILES string of the molecule is CC(=O)N(CC(=O)NC1CCCCCC1)c1cc(Cl)ccc1Cl. The Morgan fingerprint density at radius 1 is 1.17 bits per heavy atom. The molecule has 0 heterocycles. The van der Waals surface area contributed by atoms with Crippen LogP contribution in [0.15, 0.2) is 18.2 Å². The predicted molar refractivity (Wildman–Crippen MR) is 94.1 cm³/mol. The molecule has 0 spiro atoms. The summed E-state index contributed by atoms with van der Waals surface area (Å²) >= 11 is 12.1.